The fraction of sp³-hybridized carbons (Fsp3) is 0.647. The van der Waals surface area contributed by atoms with E-state index in [1.807, 2.05) is 13.0 Å². The maximum Gasteiger partial charge on any atom is 0.251 e. The Hall–Kier alpha value is -1.09. The van der Waals surface area contributed by atoms with Gasteiger partial charge in [0.25, 0.3) is 5.91 Å². The van der Waals surface area contributed by atoms with Crippen LogP contribution in [0.3, 0.4) is 0 Å². The molecule has 4 heteroatoms. The Kier molecular flexibility index (Phi) is 6.21. The summed E-state index contributed by atoms with van der Waals surface area (Å²) in [6, 6.07) is 3.61. The maximum absolute atomic E-state index is 12.4. The summed E-state index contributed by atoms with van der Waals surface area (Å²) in [6.07, 6.45) is 2.10. The molecule has 2 unspecified atom stereocenters. The van der Waals surface area contributed by atoms with Crippen LogP contribution in [0.25, 0.3) is 0 Å². The summed E-state index contributed by atoms with van der Waals surface area (Å²) in [4.78, 5) is 16.7. The topological polar surface area (TPSA) is 42.0 Å². The monoisotopic (exact) mass is 310 g/mol. The van der Waals surface area contributed by atoms with Crippen molar-refractivity contribution in [3.8, 4) is 0 Å². The van der Waals surface area contributed by atoms with Crippen LogP contribution >= 0.6 is 11.6 Å². The third kappa shape index (κ3) is 5.66. The smallest absolute Gasteiger partial charge is 0.251 e. The van der Waals surface area contributed by atoms with Crippen molar-refractivity contribution in [2.24, 2.45) is 5.92 Å². The second-order valence-electron chi connectivity index (χ2n) is 6.94. The van der Waals surface area contributed by atoms with Crippen LogP contribution in [0.5, 0.6) is 0 Å². The number of nitrogens with one attached hydrogen (secondary N) is 1. The minimum Gasteiger partial charge on any atom is -0.350 e. The lowest BCUT2D eigenvalue weighted by Gasteiger charge is -2.20. The molecule has 0 aliphatic carbocycles. The van der Waals surface area contributed by atoms with E-state index in [0.29, 0.717) is 16.6 Å². The molecule has 1 heterocycles. The number of halogens is 1. The highest BCUT2D eigenvalue weighted by atomic mass is 35.5. The van der Waals surface area contributed by atoms with Gasteiger partial charge in [0.2, 0.25) is 0 Å². The minimum atomic E-state index is -0.137. The lowest BCUT2D eigenvalue weighted by atomic mass is 9.90. The first kappa shape index (κ1) is 18.0. The molecular weight excluding hydrogens is 284 g/mol. The van der Waals surface area contributed by atoms with E-state index in [0.717, 1.165) is 18.5 Å². The van der Waals surface area contributed by atoms with Crippen LogP contribution in [0.1, 0.15) is 70.4 Å². The van der Waals surface area contributed by atoms with E-state index in [2.05, 4.69) is 44.9 Å². The Morgan fingerprint density at radius 1 is 1.33 bits per heavy atom. The largest absolute Gasteiger partial charge is 0.350 e. The summed E-state index contributed by atoms with van der Waals surface area (Å²) < 4.78 is 0. The highest BCUT2D eigenvalue weighted by Gasteiger charge is 2.19. The molecule has 0 bridgehead atoms. The van der Waals surface area contributed by atoms with E-state index in [4.69, 9.17) is 11.6 Å². The SMILES string of the molecule is CCC(C)CC(C)NC(=O)c1cc(Cl)nc(C(C)(C)C)c1. The highest BCUT2D eigenvalue weighted by Crippen LogP contribution is 2.23. The maximum atomic E-state index is 12.4. The van der Waals surface area contributed by atoms with Gasteiger partial charge in [-0.3, -0.25) is 4.79 Å². The van der Waals surface area contributed by atoms with Gasteiger partial charge < -0.3 is 5.32 Å². The Morgan fingerprint density at radius 3 is 2.48 bits per heavy atom. The average molecular weight is 311 g/mol. The van der Waals surface area contributed by atoms with Gasteiger partial charge in [-0.2, -0.15) is 0 Å². The molecule has 0 saturated carbocycles. The van der Waals surface area contributed by atoms with Gasteiger partial charge in [-0.05, 0) is 31.4 Å². The number of hydrogen-bond acceptors (Lipinski definition) is 2. The van der Waals surface area contributed by atoms with E-state index in [1.165, 1.54) is 0 Å². The molecule has 0 aromatic carbocycles. The molecule has 21 heavy (non-hydrogen) atoms. The van der Waals surface area contributed by atoms with Crippen molar-refractivity contribution in [2.75, 3.05) is 0 Å². The van der Waals surface area contributed by atoms with Crippen LogP contribution in [0.4, 0.5) is 0 Å². The van der Waals surface area contributed by atoms with Gasteiger partial charge in [0.1, 0.15) is 5.15 Å². The molecule has 1 aromatic heterocycles. The van der Waals surface area contributed by atoms with E-state index in [1.54, 1.807) is 6.07 Å². The molecule has 0 saturated heterocycles. The first-order valence-electron chi connectivity index (χ1n) is 7.62. The predicted molar refractivity (Wildman–Crippen MR) is 88.9 cm³/mol. The predicted octanol–water partition coefficient (Wildman–Crippen LogP) is 4.59. The van der Waals surface area contributed by atoms with Crippen LogP contribution in [0.2, 0.25) is 5.15 Å². The van der Waals surface area contributed by atoms with Crippen LogP contribution < -0.4 is 5.32 Å². The summed E-state index contributed by atoms with van der Waals surface area (Å²) in [5, 5.41) is 3.41. The third-order valence-corrected chi connectivity index (χ3v) is 3.85. The number of rotatable bonds is 5. The Bertz CT molecular complexity index is 494. The van der Waals surface area contributed by atoms with Crippen molar-refractivity contribution in [2.45, 2.75) is 65.8 Å². The molecule has 2 atom stereocenters. The molecule has 118 valence electrons. The van der Waals surface area contributed by atoms with Crippen molar-refractivity contribution in [1.82, 2.24) is 10.3 Å². The number of carbonyl (C=O) groups excluding carboxylic acids is 1. The molecule has 1 aromatic rings. The molecule has 1 rings (SSSR count). The fourth-order valence-corrected chi connectivity index (χ4v) is 2.36. The first-order valence-corrected chi connectivity index (χ1v) is 8.00. The van der Waals surface area contributed by atoms with Gasteiger partial charge >= 0.3 is 0 Å². The number of amides is 1. The zero-order valence-electron chi connectivity index (χ0n) is 14.0. The second-order valence-corrected chi connectivity index (χ2v) is 7.32. The van der Waals surface area contributed by atoms with Gasteiger partial charge in [-0.15, -0.1) is 0 Å². The molecular formula is C17H27ClN2O. The molecule has 0 aliphatic heterocycles. The van der Waals surface area contributed by atoms with E-state index in [-0.39, 0.29) is 17.4 Å². The van der Waals surface area contributed by atoms with Crippen LogP contribution in [-0.4, -0.2) is 16.9 Å². The van der Waals surface area contributed by atoms with Gasteiger partial charge in [0, 0.05) is 22.7 Å². The van der Waals surface area contributed by atoms with Crippen molar-refractivity contribution in [3.63, 3.8) is 0 Å². The number of pyridine rings is 1. The van der Waals surface area contributed by atoms with E-state index >= 15 is 0 Å². The van der Waals surface area contributed by atoms with Crippen molar-refractivity contribution in [3.05, 3.63) is 28.5 Å². The van der Waals surface area contributed by atoms with Crippen LogP contribution in [-0.2, 0) is 5.41 Å². The molecule has 1 amide bonds. The molecule has 3 nitrogen and oxygen atoms in total. The first-order chi connectivity index (χ1) is 9.63. The minimum absolute atomic E-state index is 0.0828. The van der Waals surface area contributed by atoms with Gasteiger partial charge in [-0.1, -0.05) is 52.6 Å². The Labute approximate surface area is 133 Å². The molecule has 0 fully saturated rings. The summed E-state index contributed by atoms with van der Waals surface area (Å²) in [7, 11) is 0. The molecule has 0 aliphatic rings. The lowest BCUT2D eigenvalue weighted by molar-refractivity contribution is 0.0935. The zero-order valence-corrected chi connectivity index (χ0v) is 14.7. The van der Waals surface area contributed by atoms with Gasteiger partial charge in [0.05, 0.1) is 0 Å². The van der Waals surface area contributed by atoms with Gasteiger partial charge in [-0.25, -0.2) is 4.98 Å². The summed E-state index contributed by atoms with van der Waals surface area (Å²) >= 11 is 6.05. The quantitative estimate of drug-likeness (QED) is 0.808. The summed E-state index contributed by atoms with van der Waals surface area (Å²) in [6.45, 7) is 12.6. The van der Waals surface area contributed by atoms with Crippen LogP contribution in [0.15, 0.2) is 12.1 Å². The molecule has 1 N–H and O–H groups in total. The highest BCUT2D eigenvalue weighted by molar-refractivity contribution is 6.29. The van der Waals surface area contributed by atoms with Gasteiger partial charge in [0.15, 0.2) is 0 Å². The van der Waals surface area contributed by atoms with Crippen molar-refractivity contribution >= 4 is 17.5 Å². The lowest BCUT2D eigenvalue weighted by Crippen LogP contribution is -2.34. The third-order valence-electron chi connectivity index (χ3n) is 3.66. The molecule has 0 spiro atoms. The normalized spacial score (nSPS) is 14.6. The van der Waals surface area contributed by atoms with E-state index in [9.17, 15) is 4.79 Å². The van der Waals surface area contributed by atoms with E-state index < -0.39 is 0 Å². The standard InChI is InChI=1S/C17H27ClN2O/c1-7-11(2)8-12(3)19-16(21)13-9-14(17(4,5)6)20-15(18)10-13/h9-12H,7-8H2,1-6H3,(H,19,21). The number of nitrogens with zero attached hydrogens (tertiary/aromatic N) is 1. The number of hydrogen-bond donors (Lipinski definition) is 1. The van der Waals surface area contributed by atoms with Crippen LogP contribution in [0, 0.1) is 5.92 Å². The Morgan fingerprint density at radius 2 is 1.95 bits per heavy atom. The summed E-state index contributed by atoms with van der Waals surface area (Å²) in [5.74, 6) is 0.520. The Balaban J connectivity index is 2.85. The summed E-state index contributed by atoms with van der Waals surface area (Å²) in [5.41, 5.74) is 1.27. The average Bonchev–Trinajstić information content (AvgIpc) is 2.36. The second kappa shape index (κ2) is 7.26. The van der Waals surface area contributed by atoms with Crippen molar-refractivity contribution in [1.29, 1.82) is 0 Å². The fourth-order valence-electron chi connectivity index (χ4n) is 2.15. The number of carbonyl (C=O) groups is 1. The number of aromatic nitrogens is 1. The molecule has 0 radical (unpaired) electrons. The van der Waals surface area contributed by atoms with Crippen molar-refractivity contribution < 1.29 is 4.79 Å². The zero-order chi connectivity index (χ0) is 16.2.